The molecule has 1 aromatic carbocycles. The minimum absolute atomic E-state index is 0.0342. The van der Waals surface area contributed by atoms with E-state index in [2.05, 4.69) is 10.3 Å². The van der Waals surface area contributed by atoms with E-state index >= 15 is 0 Å². The molecule has 0 unspecified atom stereocenters. The number of aromatic nitrogens is 2. The summed E-state index contributed by atoms with van der Waals surface area (Å²) < 4.78 is 15.7. The molecule has 26 heavy (non-hydrogen) atoms. The maximum atomic E-state index is 13.7. The number of anilines is 1. The summed E-state index contributed by atoms with van der Waals surface area (Å²) in [6.07, 6.45) is 3.22. The fraction of sp³-hybridized carbons (Fsp3) is 0.105. The van der Waals surface area contributed by atoms with Crippen LogP contribution >= 0.6 is 11.3 Å². The second-order valence-corrected chi connectivity index (χ2v) is 6.45. The van der Waals surface area contributed by atoms with Gasteiger partial charge in [0, 0.05) is 23.0 Å². The molecule has 0 aliphatic rings. The number of amides is 1. The number of hydrogen-bond donors (Lipinski definition) is 1. The number of nitrogens with zero attached hydrogens (tertiary/aromatic N) is 3. The van der Waals surface area contributed by atoms with Crippen molar-refractivity contribution in [2.75, 3.05) is 5.32 Å². The van der Waals surface area contributed by atoms with Gasteiger partial charge in [0.1, 0.15) is 17.5 Å². The Hall–Kier alpha value is -3.24. The SMILES string of the molecule is Cc1cc(/C=C(\C#N)C(=O)Nc2ccccc2F)c(C)n1-c1nccs1. The van der Waals surface area contributed by atoms with Crippen molar-refractivity contribution >= 4 is 29.0 Å². The molecule has 1 amide bonds. The Morgan fingerprint density at radius 3 is 2.81 bits per heavy atom. The highest BCUT2D eigenvalue weighted by molar-refractivity contribution is 7.12. The molecule has 0 radical (unpaired) electrons. The van der Waals surface area contributed by atoms with E-state index in [4.69, 9.17) is 0 Å². The number of aryl methyl sites for hydroxylation is 1. The standard InChI is InChI=1S/C19H15FN4OS/c1-12-9-14(13(2)24(12)19-22-7-8-26-19)10-15(11-21)18(25)23-17-6-4-3-5-16(17)20/h3-10H,1-2H3,(H,23,25)/b15-10+. The molecule has 2 heterocycles. The minimum atomic E-state index is -0.656. The van der Waals surface area contributed by atoms with Crippen molar-refractivity contribution < 1.29 is 9.18 Å². The second-order valence-electron chi connectivity index (χ2n) is 5.58. The third-order valence-corrected chi connectivity index (χ3v) is 4.62. The van der Waals surface area contributed by atoms with E-state index < -0.39 is 11.7 Å². The molecule has 5 nitrogen and oxygen atoms in total. The molecular weight excluding hydrogens is 351 g/mol. The zero-order valence-corrected chi connectivity index (χ0v) is 15.0. The summed E-state index contributed by atoms with van der Waals surface area (Å²) in [5, 5.41) is 14.5. The Morgan fingerprint density at radius 1 is 1.38 bits per heavy atom. The first-order chi connectivity index (χ1) is 12.5. The molecule has 0 saturated heterocycles. The first kappa shape index (κ1) is 17.6. The normalized spacial score (nSPS) is 11.2. The third kappa shape index (κ3) is 3.41. The highest BCUT2D eigenvalue weighted by Gasteiger charge is 2.15. The van der Waals surface area contributed by atoms with Crippen molar-refractivity contribution in [3.63, 3.8) is 0 Å². The average Bonchev–Trinajstić information content (AvgIpc) is 3.22. The lowest BCUT2D eigenvalue weighted by Crippen LogP contribution is -2.14. The molecular formula is C19H15FN4OS. The maximum Gasteiger partial charge on any atom is 0.266 e. The predicted molar refractivity (Wildman–Crippen MR) is 99.5 cm³/mol. The second kappa shape index (κ2) is 7.33. The van der Waals surface area contributed by atoms with Gasteiger partial charge in [0.05, 0.1) is 5.69 Å². The van der Waals surface area contributed by atoms with Crippen molar-refractivity contribution in [3.8, 4) is 11.2 Å². The number of nitrogens with one attached hydrogen (secondary N) is 1. The van der Waals surface area contributed by atoms with Gasteiger partial charge in [0.2, 0.25) is 0 Å². The molecule has 1 N–H and O–H groups in total. The van der Waals surface area contributed by atoms with E-state index in [0.717, 1.165) is 22.1 Å². The highest BCUT2D eigenvalue weighted by atomic mass is 32.1. The predicted octanol–water partition coefficient (Wildman–Crippen LogP) is 4.24. The van der Waals surface area contributed by atoms with E-state index in [-0.39, 0.29) is 11.3 Å². The van der Waals surface area contributed by atoms with Crippen LogP contribution in [0.5, 0.6) is 0 Å². The number of carbonyl (C=O) groups is 1. The number of halogens is 1. The maximum absolute atomic E-state index is 13.7. The number of para-hydroxylation sites is 1. The van der Waals surface area contributed by atoms with Gasteiger partial charge in [-0.15, -0.1) is 11.3 Å². The fourth-order valence-corrected chi connectivity index (χ4v) is 3.36. The Labute approximate surface area is 154 Å². The molecule has 130 valence electrons. The lowest BCUT2D eigenvalue weighted by atomic mass is 10.1. The fourth-order valence-electron chi connectivity index (χ4n) is 2.61. The molecule has 0 aliphatic heterocycles. The largest absolute Gasteiger partial charge is 0.319 e. The summed E-state index contributed by atoms with van der Waals surface area (Å²) in [6, 6.07) is 9.58. The van der Waals surface area contributed by atoms with Gasteiger partial charge in [0.25, 0.3) is 5.91 Å². The summed E-state index contributed by atoms with van der Waals surface area (Å²) >= 11 is 1.50. The Kier molecular flexibility index (Phi) is 4.96. The first-order valence-electron chi connectivity index (χ1n) is 7.77. The van der Waals surface area contributed by atoms with E-state index in [1.54, 1.807) is 12.3 Å². The first-order valence-corrected chi connectivity index (χ1v) is 8.65. The lowest BCUT2D eigenvalue weighted by molar-refractivity contribution is -0.112. The lowest BCUT2D eigenvalue weighted by Gasteiger charge is -2.06. The molecule has 0 atom stereocenters. The van der Waals surface area contributed by atoms with Gasteiger partial charge in [-0.05, 0) is 43.7 Å². The van der Waals surface area contributed by atoms with Crippen LogP contribution in [0.3, 0.4) is 0 Å². The summed E-state index contributed by atoms with van der Waals surface area (Å²) in [5.74, 6) is -1.21. The van der Waals surface area contributed by atoms with E-state index in [1.807, 2.05) is 35.9 Å². The van der Waals surface area contributed by atoms with Gasteiger partial charge >= 0.3 is 0 Å². The van der Waals surface area contributed by atoms with Gasteiger partial charge in [0.15, 0.2) is 5.13 Å². The van der Waals surface area contributed by atoms with Crippen molar-refractivity contribution in [1.29, 1.82) is 5.26 Å². The van der Waals surface area contributed by atoms with Gasteiger partial charge in [-0.1, -0.05) is 12.1 Å². The highest BCUT2D eigenvalue weighted by Crippen LogP contribution is 2.24. The van der Waals surface area contributed by atoms with Crippen LogP contribution in [-0.2, 0) is 4.79 Å². The van der Waals surface area contributed by atoms with Gasteiger partial charge in [-0.3, -0.25) is 9.36 Å². The van der Waals surface area contributed by atoms with E-state index in [9.17, 15) is 14.4 Å². The summed E-state index contributed by atoms with van der Waals surface area (Å²) in [4.78, 5) is 16.6. The van der Waals surface area contributed by atoms with Crippen LogP contribution < -0.4 is 5.32 Å². The van der Waals surface area contributed by atoms with Crippen molar-refractivity contribution in [2.24, 2.45) is 0 Å². The van der Waals surface area contributed by atoms with Crippen LogP contribution in [0, 0.1) is 31.0 Å². The van der Waals surface area contributed by atoms with Gasteiger partial charge in [-0.25, -0.2) is 9.37 Å². The van der Waals surface area contributed by atoms with E-state index in [0.29, 0.717) is 0 Å². The van der Waals surface area contributed by atoms with Crippen molar-refractivity contribution in [1.82, 2.24) is 9.55 Å². The number of benzene rings is 1. The summed E-state index contributed by atoms with van der Waals surface area (Å²) in [7, 11) is 0. The molecule has 2 aromatic heterocycles. The van der Waals surface area contributed by atoms with Crippen LogP contribution in [0.1, 0.15) is 17.0 Å². The van der Waals surface area contributed by atoms with Crippen LogP contribution in [0.4, 0.5) is 10.1 Å². The molecule has 0 fully saturated rings. The van der Waals surface area contributed by atoms with Crippen LogP contribution in [0.25, 0.3) is 11.2 Å². The molecule has 0 bridgehead atoms. The number of rotatable bonds is 4. The van der Waals surface area contributed by atoms with Gasteiger partial charge in [-0.2, -0.15) is 5.26 Å². The van der Waals surface area contributed by atoms with Crippen LogP contribution in [0.15, 0.2) is 47.5 Å². The molecule has 3 aromatic rings. The number of hydrogen-bond acceptors (Lipinski definition) is 4. The number of thiazole rings is 1. The zero-order chi connectivity index (χ0) is 18.7. The average molecular weight is 366 g/mol. The molecule has 3 rings (SSSR count). The van der Waals surface area contributed by atoms with E-state index in [1.165, 1.54) is 35.6 Å². The molecule has 7 heteroatoms. The van der Waals surface area contributed by atoms with Crippen molar-refractivity contribution in [2.45, 2.75) is 13.8 Å². The Morgan fingerprint density at radius 2 is 2.15 bits per heavy atom. The van der Waals surface area contributed by atoms with Crippen molar-refractivity contribution in [3.05, 3.63) is 70.3 Å². The Balaban J connectivity index is 1.93. The monoisotopic (exact) mass is 366 g/mol. The van der Waals surface area contributed by atoms with Gasteiger partial charge < -0.3 is 5.32 Å². The topological polar surface area (TPSA) is 70.7 Å². The smallest absolute Gasteiger partial charge is 0.266 e. The minimum Gasteiger partial charge on any atom is -0.319 e. The summed E-state index contributed by atoms with van der Waals surface area (Å²) in [5.41, 5.74) is 2.47. The zero-order valence-electron chi connectivity index (χ0n) is 14.2. The quantitative estimate of drug-likeness (QED) is 0.555. The molecule has 0 aliphatic carbocycles. The number of carbonyl (C=O) groups excluding carboxylic acids is 1. The third-order valence-electron chi connectivity index (χ3n) is 3.87. The molecule has 0 spiro atoms. The number of nitriles is 1. The molecule has 0 saturated carbocycles. The van der Waals surface area contributed by atoms with Crippen LogP contribution in [0.2, 0.25) is 0 Å². The Bertz CT molecular complexity index is 1030. The summed E-state index contributed by atoms with van der Waals surface area (Å²) in [6.45, 7) is 3.82. The van der Waals surface area contributed by atoms with Crippen LogP contribution in [-0.4, -0.2) is 15.5 Å².